The molecule has 1 aromatic carbocycles. The quantitative estimate of drug-likeness (QED) is 0.650. The molecule has 4 nitrogen and oxygen atoms in total. The van der Waals surface area contributed by atoms with Gasteiger partial charge in [0, 0.05) is 22.1 Å². The van der Waals surface area contributed by atoms with E-state index in [1.807, 2.05) is 44.3 Å². The first-order chi connectivity index (χ1) is 11.0. The van der Waals surface area contributed by atoms with E-state index in [1.54, 1.807) is 11.3 Å². The lowest BCUT2D eigenvalue weighted by molar-refractivity contribution is 0.161. The van der Waals surface area contributed by atoms with Crippen LogP contribution in [0.5, 0.6) is 0 Å². The third-order valence-electron chi connectivity index (χ3n) is 3.09. The second-order valence-electron chi connectivity index (χ2n) is 4.99. The van der Waals surface area contributed by atoms with Crippen LogP contribution >= 0.6 is 38.9 Å². The van der Waals surface area contributed by atoms with Crippen molar-refractivity contribution in [2.75, 3.05) is 23.9 Å². The van der Waals surface area contributed by atoms with Crippen molar-refractivity contribution in [2.45, 2.75) is 19.9 Å². The van der Waals surface area contributed by atoms with Crippen molar-refractivity contribution in [3.8, 4) is 0 Å². The van der Waals surface area contributed by atoms with Crippen LogP contribution in [0.2, 0.25) is 4.34 Å². The number of carbonyl (C=O) groups is 1. The van der Waals surface area contributed by atoms with Gasteiger partial charge in [-0.25, -0.2) is 4.79 Å². The van der Waals surface area contributed by atoms with Crippen LogP contribution in [0.3, 0.4) is 0 Å². The number of thiophene rings is 1. The standard InChI is InChI=1S/C16H18BrClN2O2S/c1-3-8-22-16(21)19-14-6-4-11(9-13(14)17)20(2)10-12-5-7-15(18)23-12/h4-7,9H,3,8,10H2,1-2H3,(H,19,21). The Balaban J connectivity index is 2.01. The molecular formula is C16H18BrClN2O2S. The first-order valence-electron chi connectivity index (χ1n) is 7.18. The topological polar surface area (TPSA) is 41.6 Å². The first kappa shape index (κ1) is 18.1. The highest BCUT2D eigenvalue weighted by Gasteiger charge is 2.10. The summed E-state index contributed by atoms with van der Waals surface area (Å²) in [6.45, 7) is 3.14. The summed E-state index contributed by atoms with van der Waals surface area (Å²) in [4.78, 5) is 14.9. The van der Waals surface area contributed by atoms with Crippen molar-refractivity contribution in [3.63, 3.8) is 0 Å². The second-order valence-corrected chi connectivity index (χ2v) is 7.64. The Hall–Kier alpha value is -1.24. The largest absolute Gasteiger partial charge is 0.449 e. The van der Waals surface area contributed by atoms with Crippen LogP contribution in [-0.2, 0) is 11.3 Å². The number of carbonyl (C=O) groups excluding carboxylic acids is 1. The van der Waals surface area contributed by atoms with Gasteiger partial charge in [-0.3, -0.25) is 5.32 Å². The van der Waals surface area contributed by atoms with Crippen LogP contribution in [0, 0.1) is 0 Å². The maximum Gasteiger partial charge on any atom is 0.411 e. The summed E-state index contributed by atoms with van der Waals surface area (Å²) in [5, 5.41) is 2.72. The van der Waals surface area contributed by atoms with Gasteiger partial charge >= 0.3 is 6.09 Å². The number of benzene rings is 1. The molecule has 0 radical (unpaired) electrons. The average Bonchev–Trinajstić information content (AvgIpc) is 2.92. The Kier molecular flexibility index (Phi) is 6.74. The van der Waals surface area contributed by atoms with E-state index in [0.29, 0.717) is 12.3 Å². The summed E-state index contributed by atoms with van der Waals surface area (Å²) in [6, 6.07) is 9.70. The fourth-order valence-electron chi connectivity index (χ4n) is 1.95. The molecule has 0 atom stereocenters. The van der Waals surface area contributed by atoms with Gasteiger partial charge in [0.2, 0.25) is 0 Å². The van der Waals surface area contributed by atoms with Gasteiger partial charge in [-0.1, -0.05) is 18.5 Å². The van der Waals surface area contributed by atoms with E-state index in [9.17, 15) is 4.79 Å². The van der Waals surface area contributed by atoms with Crippen molar-refractivity contribution < 1.29 is 9.53 Å². The number of anilines is 2. The van der Waals surface area contributed by atoms with Crippen LogP contribution < -0.4 is 10.2 Å². The van der Waals surface area contributed by atoms with Crippen LogP contribution in [0.25, 0.3) is 0 Å². The predicted octanol–water partition coefficient (Wildman–Crippen LogP) is 5.76. The van der Waals surface area contributed by atoms with Crippen LogP contribution in [0.4, 0.5) is 16.2 Å². The minimum absolute atomic E-state index is 0.410. The van der Waals surface area contributed by atoms with Gasteiger partial charge in [0.1, 0.15) is 0 Å². The Bertz CT molecular complexity index is 678. The highest BCUT2D eigenvalue weighted by atomic mass is 79.9. The maximum absolute atomic E-state index is 11.6. The summed E-state index contributed by atoms with van der Waals surface area (Å²) in [6.07, 6.45) is 0.354. The Labute approximate surface area is 153 Å². The van der Waals surface area contributed by atoms with Gasteiger partial charge in [-0.15, -0.1) is 11.3 Å². The lowest BCUT2D eigenvalue weighted by Crippen LogP contribution is -2.17. The van der Waals surface area contributed by atoms with E-state index >= 15 is 0 Å². The van der Waals surface area contributed by atoms with Crippen molar-refractivity contribution in [3.05, 3.63) is 44.0 Å². The maximum atomic E-state index is 11.6. The van der Waals surface area contributed by atoms with Gasteiger partial charge in [-0.05, 0) is 52.7 Å². The number of nitrogens with one attached hydrogen (secondary N) is 1. The van der Waals surface area contributed by atoms with E-state index < -0.39 is 6.09 Å². The SMILES string of the molecule is CCCOC(=O)Nc1ccc(N(C)Cc2ccc(Cl)s2)cc1Br. The molecule has 1 N–H and O–H groups in total. The van der Waals surface area contributed by atoms with Gasteiger partial charge in [0.15, 0.2) is 0 Å². The summed E-state index contributed by atoms with van der Waals surface area (Å²) in [5.41, 5.74) is 1.72. The average molecular weight is 418 g/mol. The molecule has 2 aromatic rings. The number of hydrogen-bond donors (Lipinski definition) is 1. The lowest BCUT2D eigenvalue weighted by Gasteiger charge is -2.19. The van der Waals surface area contributed by atoms with Crippen molar-refractivity contribution >= 4 is 56.3 Å². The molecule has 2 rings (SSSR count). The highest BCUT2D eigenvalue weighted by Crippen LogP contribution is 2.29. The molecule has 1 heterocycles. The number of rotatable bonds is 6. The van der Waals surface area contributed by atoms with E-state index in [0.717, 1.165) is 27.5 Å². The molecule has 0 aliphatic heterocycles. The molecule has 1 amide bonds. The fourth-order valence-corrected chi connectivity index (χ4v) is 3.55. The minimum atomic E-state index is -0.443. The molecule has 0 saturated carbocycles. The lowest BCUT2D eigenvalue weighted by atomic mass is 10.2. The third-order valence-corrected chi connectivity index (χ3v) is 4.96. The van der Waals surface area contributed by atoms with Gasteiger partial charge in [0.25, 0.3) is 0 Å². The molecule has 0 unspecified atom stereocenters. The third kappa shape index (κ3) is 5.41. The Morgan fingerprint density at radius 2 is 2.17 bits per heavy atom. The molecule has 0 aliphatic rings. The molecule has 1 aromatic heterocycles. The summed E-state index contributed by atoms with van der Waals surface area (Å²) in [5.74, 6) is 0. The molecular weight excluding hydrogens is 400 g/mol. The minimum Gasteiger partial charge on any atom is -0.449 e. The number of amides is 1. The number of nitrogens with zero attached hydrogens (tertiary/aromatic N) is 1. The predicted molar refractivity (Wildman–Crippen MR) is 101 cm³/mol. The number of halogens is 2. The first-order valence-corrected chi connectivity index (χ1v) is 9.17. The van der Waals surface area contributed by atoms with Gasteiger partial charge < -0.3 is 9.64 Å². The molecule has 7 heteroatoms. The smallest absolute Gasteiger partial charge is 0.411 e. The zero-order chi connectivity index (χ0) is 16.8. The number of ether oxygens (including phenoxy) is 1. The second kappa shape index (κ2) is 8.57. The van der Waals surface area contributed by atoms with E-state index in [2.05, 4.69) is 26.1 Å². The zero-order valence-electron chi connectivity index (χ0n) is 12.9. The normalized spacial score (nSPS) is 10.4. The van der Waals surface area contributed by atoms with Crippen LogP contribution in [0.1, 0.15) is 18.2 Å². The molecule has 0 bridgehead atoms. The monoisotopic (exact) mass is 416 g/mol. The molecule has 0 spiro atoms. The van der Waals surface area contributed by atoms with Gasteiger partial charge in [0.05, 0.1) is 23.2 Å². The van der Waals surface area contributed by atoms with E-state index in [4.69, 9.17) is 16.3 Å². The van der Waals surface area contributed by atoms with Crippen LogP contribution in [0.15, 0.2) is 34.8 Å². The van der Waals surface area contributed by atoms with Crippen molar-refractivity contribution in [1.82, 2.24) is 0 Å². The van der Waals surface area contributed by atoms with Crippen molar-refractivity contribution in [2.24, 2.45) is 0 Å². The Morgan fingerprint density at radius 1 is 1.39 bits per heavy atom. The summed E-state index contributed by atoms with van der Waals surface area (Å²) in [7, 11) is 2.01. The van der Waals surface area contributed by atoms with E-state index in [1.165, 1.54) is 4.88 Å². The molecule has 23 heavy (non-hydrogen) atoms. The molecule has 0 fully saturated rings. The summed E-state index contributed by atoms with van der Waals surface area (Å²) < 4.78 is 6.61. The molecule has 0 aliphatic carbocycles. The van der Waals surface area contributed by atoms with Gasteiger partial charge in [-0.2, -0.15) is 0 Å². The van der Waals surface area contributed by atoms with Crippen LogP contribution in [-0.4, -0.2) is 19.7 Å². The molecule has 0 saturated heterocycles. The summed E-state index contributed by atoms with van der Waals surface area (Å²) >= 11 is 11.0. The fraction of sp³-hybridized carbons (Fsp3) is 0.312. The van der Waals surface area contributed by atoms with Crippen molar-refractivity contribution in [1.29, 1.82) is 0 Å². The van der Waals surface area contributed by atoms with E-state index in [-0.39, 0.29) is 0 Å². The Morgan fingerprint density at radius 3 is 2.78 bits per heavy atom. The highest BCUT2D eigenvalue weighted by molar-refractivity contribution is 9.10. The molecule has 124 valence electrons. The number of hydrogen-bond acceptors (Lipinski definition) is 4. The zero-order valence-corrected chi connectivity index (χ0v) is 16.1.